The molecule has 19 heavy (non-hydrogen) atoms. The molecule has 0 amide bonds. The fourth-order valence-corrected chi connectivity index (χ4v) is 2.75. The van der Waals surface area contributed by atoms with Gasteiger partial charge in [0, 0.05) is 4.47 Å². The maximum absolute atomic E-state index is 3.56. The van der Waals surface area contributed by atoms with E-state index in [9.17, 15) is 0 Å². The van der Waals surface area contributed by atoms with Crippen molar-refractivity contribution in [1.82, 2.24) is 5.32 Å². The molecular weight excluding hydrogens is 298 g/mol. The summed E-state index contributed by atoms with van der Waals surface area (Å²) >= 11 is 3.56. The fourth-order valence-electron chi connectivity index (χ4n) is 2.37. The third-order valence-electron chi connectivity index (χ3n) is 3.71. The van der Waals surface area contributed by atoms with Crippen LogP contribution in [0, 0.1) is 20.8 Å². The molecule has 1 nitrogen and oxygen atoms in total. The highest BCUT2D eigenvalue weighted by Gasteiger charge is 2.15. The normalized spacial score (nSPS) is 12.5. The van der Waals surface area contributed by atoms with Crippen LogP contribution >= 0.6 is 15.9 Å². The van der Waals surface area contributed by atoms with Crippen molar-refractivity contribution in [1.29, 1.82) is 0 Å². The monoisotopic (exact) mass is 317 g/mol. The molecule has 0 radical (unpaired) electrons. The number of nitrogens with one attached hydrogen (secondary N) is 1. The molecule has 1 N–H and O–H groups in total. The Bertz CT molecular complexity index is 590. The Hall–Kier alpha value is -1.12. The second-order valence-electron chi connectivity index (χ2n) is 5.07. The number of hydrogen-bond acceptors (Lipinski definition) is 1. The number of rotatable bonds is 3. The molecule has 0 spiro atoms. The average Bonchev–Trinajstić information content (AvgIpc) is 2.38. The Morgan fingerprint density at radius 3 is 2.21 bits per heavy atom. The van der Waals surface area contributed by atoms with Gasteiger partial charge in [0.15, 0.2) is 0 Å². The predicted molar refractivity (Wildman–Crippen MR) is 85.7 cm³/mol. The molecule has 0 aromatic heterocycles. The van der Waals surface area contributed by atoms with E-state index in [4.69, 9.17) is 0 Å². The molecule has 2 aromatic carbocycles. The van der Waals surface area contributed by atoms with Gasteiger partial charge in [-0.15, -0.1) is 0 Å². The minimum Gasteiger partial charge on any atom is -0.309 e. The van der Waals surface area contributed by atoms with Crippen molar-refractivity contribution in [3.8, 4) is 0 Å². The summed E-state index contributed by atoms with van der Waals surface area (Å²) in [6.07, 6.45) is 0. The van der Waals surface area contributed by atoms with Gasteiger partial charge in [0.1, 0.15) is 0 Å². The predicted octanol–water partition coefficient (Wildman–Crippen LogP) is 4.68. The van der Waals surface area contributed by atoms with Crippen molar-refractivity contribution in [3.05, 3.63) is 68.7 Å². The van der Waals surface area contributed by atoms with Crippen LogP contribution in [0.1, 0.15) is 33.9 Å². The molecule has 0 saturated carbocycles. The Morgan fingerprint density at radius 2 is 1.58 bits per heavy atom. The maximum Gasteiger partial charge on any atom is 0.0577 e. The van der Waals surface area contributed by atoms with Crippen molar-refractivity contribution in [3.63, 3.8) is 0 Å². The van der Waals surface area contributed by atoms with Gasteiger partial charge in [-0.05, 0) is 67.8 Å². The van der Waals surface area contributed by atoms with Gasteiger partial charge < -0.3 is 5.32 Å². The van der Waals surface area contributed by atoms with Gasteiger partial charge in [-0.25, -0.2) is 0 Å². The van der Waals surface area contributed by atoms with Crippen molar-refractivity contribution >= 4 is 15.9 Å². The van der Waals surface area contributed by atoms with Crippen LogP contribution in [0.4, 0.5) is 0 Å². The number of aryl methyl sites for hydroxylation is 3. The third-order valence-corrected chi connectivity index (χ3v) is 4.20. The second-order valence-corrected chi connectivity index (χ2v) is 5.98. The summed E-state index contributed by atoms with van der Waals surface area (Å²) in [4.78, 5) is 0. The van der Waals surface area contributed by atoms with Gasteiger partial charge in [-0.2, -0.15) is 0 Å². The minimum absolute atomic E-state index is 0.233. The lowest BCUT2D eigenvalue weighted by atomic mass is 9.93. The lowest BCUT2D eigenvalue weighted by molar-refractivity contribution is 0.686. The van der Waals surface area contributed by atoms with Crippen LogP contribution in [0.15, 0.2) is 40.9 Å². The summed E-state index contributed by atoms with van der Waals surface area (Å²) in [6, 6.07) is 13.4. The summed E-state index contributed by atoms with van der Waals surface area (Å²) in [5.41, 5.74) is 6.61. The van der Waals surface area contributed by atoms with Crippen molar-refractivity contribution in [2.75, 3.05) is 7.05 Å². The largest absolute Gasteiger partial charge is 0.309 e. The van der Waals surface area contributed by atoms with E-state index in [1.54, 1.807) is 0 Å². The molecule has 0 aliphatic rings. The lowest BCUT2D eigenvalue weighted by Crippen LogP contribution is -2.19. The molecule has 0 saturated heterocycles. The number of benzene rings is 2. The van der Waals surface area contributed by atoms with E-state index in [-0.39, 0.29) is 6.04 Å². The van der Waals surface area contributed by atoms with Crippen LogP contribution in [0.5, 0.6) is 0 Å². The molecule has 0 heterocycles. The van der Waals surface area contributed by atoms with E-state index in [2.05, 4.69) is 78.4 Å². The second kappa shape index (κ2) is 5.89. The van der Waals surface area contributed by atoms with Crippen LogP contribution in [0.3, 0.4) is 0 Å². The quantitative estimate of drug-likeness (QED) is 0.866. The first kappa shape index (κ1) is 14.3. The van der Waals surface area contributed by atoms with Crippen LogP contribution in [0.2, 0.25) is 0 Å². The smallest absolute Gasteiger partial charge is 0.0577 e. The zero-order chi connectivity index (χ0) is 14.0. The first-order valence-electron chi connectivity index (χ1n) is 6.53. The number of halogens is 1. The summed E-state index contributed by atoms with van der Waals surface area (Å²) in [5.74, 6) is 0. The molecule has 1 unspecified atom stereocenters. The van der Waals surface area contributed by atoms with Gasteiger partial charge in [0.25, 0.3) is 0 Å². The van der Waals surface area contributed by atoms with Gasteiger partial charge in [-0.3, -0.25) is 0 Å². The van der Waals surface area contributed by atoms with E-state index in [1.807, 2.05) is 7.05 Å². The highest BCUT2D eigenvalue weighted by Crippen LogP contribution is 2.28. The third kappa shape index (κ3) is 3.07. The van der Waals surface area contributed by atoms with Crippen LogP contribution in [-0.2, 0) is 0 Å². The molecule has 0 fully saturated rings. The maximum atomic E-state index is 3.56. The van der Waals surface area contributed by atoms with Crippen molar-refractivity contribution in [2.24, 2.45) is 0 Å². The van der Waals surface area contributed by atoms with E-state index >= 15 is 0 Å². The zero-order valence-electron chi connectivity index (χ0n) is 11.9. The Labute approximate surface area is 124 Å². The van der Waals surface area contributed by atoms with Crippen molar-refractivity contribution < 1.29 is 0 Å². The van der Waals surface area contributed by atoms with Gasteiger partial charge >= 0.3 is 0 Å². The molecule has 0 aliphatic heterocycles. The summed E-state index contributed by atoms with van der Waals surface area (Å²) in [5, 5.41) is 3.43. The van der Waals surface area contributed by atoms with Crippen molar-refractivity contribution in [2.45, 2.75) is 26.8 Å². The Balaban J connectivity index is 2.49. The summed E-state index contributed by atoms with van der Waals surface area (Å²) < 4.78 is 1.12. The van der Waals surface area contributed by atoms with Crippen LogP contribution in [0.25, 0.3) is 0 Å². The molecule has 1 atom stereocenters. The summed E-state index contributed by atoms with van der Waals surface area (Å²) in [6.45, 7) is 6.48. The highest BCUT2D eigenvalue weighted by molar-refractivity contribution is 9.10. The number of hydrogen-bond donors (Lipinski definition) is 1. The van der Waals surface area contributed by atoms with Crippen LogP contribution in [-0.4, -0.2) is 7.05 Å². The van der Waals surface area contributed by atoms with E-state index in [0.29, 0.717) is 0 Å². The molecule has 2 rings (SSSR count). The van der Waals surface area contributed by atoms with E-state index in [1.165, 1.54) is 27.8 Å². The first-order valence-corrected chi connectivity index (χ1v) is 7.32. The minimum atomic E-state index is 0.233. The summed E-state index contributed by atoms with van der Waals surface area (Å²) in [7, 11) is 2.01. The molecule has 100 valence electrons. The Kier molecular flexibility index (Phi) is 4.43. The average molecular weight is 318 g/mol. The van der Waals surface area contributed by atoms with E-state index in [0.717, 1.165) is 4.47 Å². The topological polar surface area (TPSA) is 12.0 Å². The Morgan fingerprint density at radius 1 is 0.895 bits per heavy atom. The lowest BCUT2D eigenvalue weighted by Gasteiger charge is -2.20. The first-order chi connectivity index (χ1) is 9.02. The van der Waals surface area contributed by atoms with E-state index < -0.39 is 0 Å². The SMILES string of the molecule is CNC(c1ccc(C)c(C)c1)c1cc(Br)ccc1C. The van der Waals surface area contributed by atoms with Gasteiger partial charge in [0.2, 0.25) is 0 Å². The molecule has 0 bridgehead atoms. The molecule has 2 aromatic rings. The highest BCUT2D eigenvalue weighted by atomic mass is 79.9. The van der Waals surface area contributed by atoms with Gasteiger partial charge in [0.05, 0.1) is 6.04 Å². The zero-order valence-corrected chi connectivity index (χ0v) is 13.5. The molecule has 2 heteroatoms. The molecular formula is C17H20BrN. The van der Waals surface area contributed by atoms with Crippen LogP contribution < -0.4 is 5.32 Å². The van der Waals surface area contributed by atoms with Gasteiger partial charge in [-0.1, -0.05) is 40.2 Å². The fraction of sp³-hybridized carbons (Fsp3) is 0.294. The standard InChI is InChI=1S/C17H20BrN/c1-11-5-7-14(9-13(11)3)17(19-4)16-10-15(18)8-6-12(16)2/h5-10,17,19H,1-4H3. The molecule has 0 aliphatic carbocycles.